The average molecular weight is 266 g/mol. The monoisotopic (exact) mass is 265 g/mol. The summed E-state index contributed by atoms with van der Waals surface area (Å²) in [6.07, 6.45) is 0. The predicted molar refractivity (Wildman–Crippen MR) is 56.9 cm³/mol. The van der Waals surface area contributed by atoms with Crippen LogP contribution in [0.4, 0.5) is 5.69 Å². The van der Waals surface area contributed by atoms with Gasteiger partial charge in [0.25, 0.3) is 0 Å². The van der Waals surface area contributed by atoms with E-state index < -0.39 is 22.0 Å². The van der Waals surface area contributed by atoms with Crippen molar-refractivity contribution in [2.24, 2.45) is 0 Å². The maximum absolute atomic E-state index is 11.2. The minimum absolute atomic E-state index is 0. The summed E-state index contributed by atoms with van der Waals surface area (Å²) < 4.78 is 4.67. The summed E-state index contributed by atoms with van der Waals surface area (Å²) >= 11 is 5.65. The Balaban J connectivity index is 0.00000144. The van der Waals surface area contributed by atoms with Crippen molar-refractivity contribution in [3.05, 3.63) is 43.8 Å². The van der Waals surface area contributed by atoms with Crippen LogP contribution in [-0.4, -0.2) is 10.0 Å². The molecule has 0 aliphatic carbocycles. The fraction of sp³-hybridized carbons (Fsp3) is 0. The number of nitro groups is 1. The van der Waals surface area contributed by atoms with Crippen molar-refractivity contribution in [1.82, 2.24) is 0 Å². The number of hydrogen-bond acceptors (Lipinski definition) is 5. The second-order valence-electron chi connectivity index (χ2n) is 2.98. The summed E-state index contributed by atoms with van der Waals surface area (Å²) in [4.78, 5) is 20.7. The van der Waals surface area contributed by atoms with Gasteiger partial charge in [0.1, 0.15) is 5.58 Å². The summed E-state index contributed by atoms with van der Waals surface area (Å²) in [7, 11) is 0. The fourth-order valence-corrected chi connectivity index (χ4v) is 1.47. The van der Waals surface area contributed by atoms with Gasteiger partial charge < -0.3 is 11.0 Å². The molecule has 8 heteroatoms. The third-order valence-corrected chi connectivity index (χ3v) is 2.24. The Morgan fingerprint density at radius 1 is 1.47 bits per heavy atom. The van der Waals surface area contributed by atoms with Crippen molar-refractivity contribution in [1.29, 1.82) is 0 Å². The first-order valence-electron chi connectivity index (χ1n) is 4.10. The molecular formula is C9H5ClNNaO5. The molecule has 0 saturated heterocycles. The molecule has 0 fully saturated rings. The Morgan fingerprint density at radius 2 is 2.12 bits per heavy atom. The Bertz CT molecular complexity index is 659. The standard InChI is InChI=1S/C9H4ClNO5.Na.H/c10-4-1-2-5-6(3-4)16-9(13)7(8(5)12)11(14)15;;/h1-3,12H;;/q;+1;-1. The van der Waals surface area contributed by atoms with E-state index in [9.17, 15) is 20.0 Å². The van der Waals surface area contributed by atoms with E-state index in [1.807, 2.05) is 0 Å². The van der Waals surface area contributed by atoms with Crippen LogP contribution in [0, 0.1) is 10.1 Å². The number of aromatic hydroxyl groups is 1. The quantitative estimate of drug-likeness (QED) is 0.315. The Kier molecular flexibility index (Phi) is 4.16. The molecule has 2 rings (SSSR count). The zero-order chi connectivity index (χ0) is 11.9. The van der Waals surface area contributed by atoms with Crippen molar-refractivity contribution < 1.29 is 45.4 Å². The molecular weight excluding hydrogens is 261 g/mol. The van der Waals surface area contributed by atoms with Crippen LogP contribution in [-0.2, 0) is 0 Å². The van der Waals surface area contributed by atoms with Gasteiger partial charge in [-0.1, -0.05) is 11.6 Å². The van der Waals surface area contributed by atoms with Gasteiger partial charge in [-0.25, -0.2) is 4.79 Å². The minimum Gasteiger partial charge on any atom is -1.00 e. The first-order chi connectivity index (χ1) is 7.50. The van der Waals surface area contributed by atoms with E-state index in [4.69, 9.17) is 11.6 Å². The number of halogens is 1. The Morgan fingerprint density at radius 3 is 2.71 bits per heavy atom. The van der Waals surface area contributed by atoms with Gasteiger partial charge >= 0.3 is 40.9 Å². The SMILES string of the molecule is O=c1oc2cc(Cl)ccc2c(O)c1[N+](=O)[O-].[H-].[Na+]. The zero-order valence-electron chi connectivity index (χ0n) is 9.64. The van der Waals surface area contributed by atoms with Crippen molar-refractivity contribution in [3.63, 3.8) is 0 Å². The van der Waals surface area contributed by atoms with Crippen molar-refractivity contribution >= 4 is 28.3 Å². The van der Waals surface area contributed by atoms with Gasteiger partial charge in [0.2, 0.25) is 5.75 Å². The molecule has 84 valence electrons. The number of nitrogens with zero attached hydrogens (tertiary/aromatic N) is 1. The molecule has 6 nitrogen and oxygen atoms in total. The molecule has 0 radical (unpaired) electrons. The maximum atomic E-state index is 11.2. The molecule has 17 heavy (non-hydrogen) atoms. The number of hydrogen-bond donors (Lipinski definition) is 1. The van der Waals surface area contributed by atoms with E-state index in [0.717, 1.165) is 0 Å². The van der Waals surface area contributed by atoms with E-state index in [-0.39, 0.29) is 42.0 Å². The van der Waals surface area contributed by atoms with Gasteiger partial charge in [0, 0.05) is 11.1 Å². The minimum atomic E-state index is -1.21. The second kappa shape index (κ2) is 5.05. The Labute approximate surface area is 123 Å². The van der Waals surface area contributed by atoms with Crippen molar-refractivity contribution in [3.8, 4) is 5.75 Å². The molecule has 0 atom stereocenters. The molecule has 1 N–H and O–H groups in total. The molecule has 0 aliphatic heterocycles. The summed E-state index contributed by atoms with van der Waals surface area (Å²) in [6, 6.07) is 4.05. The van der Waals surface area contributed by atoms with Crippen LogP contribution in [0.5, 0.6) is 5.75 Å². The average Bonchev–Trinajstić information content (AvgIpc) is 2.15. The molecule has 1 aromatic heterocycles. The van der Waals surface area contributed by atoms with E-state index in [1.165, 1.54) is 18.2 Å². The van der Waals surface area contributed by atoms with Crippen molar-refractivity contribution in [2.75, 3.05) is 0 Å². The van der Waals surface area contributed by atoms with E-state index in [0.29, 0.717) is 5.02 Å². The maximum Gasteiger partial charge on any atom is 1.00 e. The van der Waals surface area contributed by atoms with Crippen LogP contribution in [0.3, 0.4) is 0 Å². The molecule has 0 unspecified atom stereocenters. The van der Waals surface area contributed by atoms with Crippen LogP contribution in [0.15, 0.2) is 27.4 Å². The van der Waals surface area contributed by atoms with Gasteiger partial charge in [-0.05, 0) is 12.1 Å². The van der Waals surface area contributed by atoms with Crippen molar-refractivity contribution in [2.45, 2.75) is 0 Å². The Hall–Kier alpha value is -1.08. The fourth-order valence-electron chi connectivity index (χ4n) is 1.31. The molecule has 0 bridgehead atoms. The third-order valence-electron chi connectivity index (χ3n) is 2.00. The van der Waals surface area contributed by atoms with E-state index in [1.54, 1.807) is 0 Å². The summed E-state index contributed by atoms with van der Waals surface area (Å²) in [5.74, 6) is -0.715. The molecule has 2 aromatic rings. The van der Waals surface area contributed by atoms with Crippen LogP contribution in [0.25, 0.3) is 11.0 Å². The van der Waals surface area contributed by atoms with E-state index >= 15 is 0 Å². The van der Waals surface area contributed by atoms with Crippen LogP contribution < -0.4 is 35.2 Å². The van der Waals surface area contributed by atoms with E-state index in [2.05, 4.69) is 4.42 Å². The molecule has 0 amide bonds. The molecule has 0 aliphatic rings. The van der Waals surface area contributed by atoms with Gasteiger partial charge in [-0.2, -0.15) is 0 Å². The molecule has 1 heterocycles. The number of rotatable bonds is 1. The van der Waals surface area contributed by atoms with Gasteiger partial charge in [0.15, 0.2) is 0 Å². The number of fused-ring (bicyclic) bond motifs is 1. The first-order valence-corrected chi connectivity index (χ1v) is 4.48. The zero-order valence-corrected chi connectivity index (χ0v) is 11.4. The van der Waals surface area contributed by atoms with Gasteiger partial charge in [-0.15, -0.1) is 0 Å². The normalized spacial score (nSPS) is 9.94. The topological polar surface area (TPSA) is 93.6 Å². The largest absolute Gasteiger partial charge is 1.00 e. The summed E-state index contributed by atoms with van der Waals surface area (Å²) in [5, 5.41) is 20.4. The van der Waals surface area contributed by atoms with Crippen LogP contribution in [0.1, 0.15) is 1.43 Å². The summed E-state index contributed by atoms with van der Waals surface area (Å²) in [5.41, 5.74) is -2.19. The van der Waals surface area contributed by atoms with Crippen LogP contribution in [0.2, 0.25) is 5.02 Å². The predicted octanol–water partition coefficient (Wildman–Crippen LogP) is -0.823. The smallest absolute Gasteiger partial charge is 1.00 e. The first kappa shape index (κ1) is 14.0. The van der Waals surface area contributed by atoms with Crippen LogP contribution >= 0.6 is 11.6 Å². The second-order valence-corrected chi connectivity index (χ2v) is 3.42. The van der Waals surface area contributed by atoms with Gasteiger partial charge in [-0.3, -0.25) is 10.1 Å². The molecule has 1 aromatic carbocycles. The third kappa shape index (κ3) is 2.44. The molecule has 0 spiro atoms. The molecule has 0 saturated carbocycles. The van der Waals surface area contributed by atoms with Gasteiger partial charge in [0.05, 0.1) is 10.3 Å². The summed E-state index contributed by atoms with van der Waals surface area (Å²) in [6.45, 7) is 0. The number of benzene rings is 1.